The summed E-state index contributed by atoms with van der Waals surface area (Å²) in [7, 11) is 0. The highest BCUT2D eigenvalue weighted by Crippen LogP contribution is 2.29. The minimum Gasteiger partial charge on any atom is -0.490 e. The Hall–Kier alpha value is -3.32. The number of carboxylic acids is 1. The number of hydrogen-bond donors (Lipinski definition) is 2. The molecule has 7 nitrogen and oxygen atoms in total. The van der Waals surface area contributed by atoms with Crippen LogP contribution in [0, 0.1) is 0 Å². The normalized spacial score (nSPS) is 12.0. The molecule has 2 N–H and O–H groups in total. The summed E-state index contributed by atoms with van der Waals surface area (Å²) in [4.78, 5) is 23.5. The van der Waals surface area contributed by atoms with Crippen molar-refractivity contribution in [3.8, 4) is 11.5 Å². The third-order valence-electron chi connectivity index (χ3n) is 5.45. The van der Waals surface area contributed by atoms with Crippen LogP contribution in [-0.2, 0) is 24.1 Å². The number of fused-ring (bicyclic) bond motifs is 1. The summed E-state index contributed by atoms with van der Waals surface area (Å²) >= 11 is 0. The van der Waals surface area contributed by atoms with Crippen molar-refractivity contribution < 1.29 is 28.9 Å². The first-order valence-corrected chi connectivity index (χ1v) is 11.7. The lowest BCUT2D eigenvalue weighted by molar-refractivity contribution is -0.137. The van der Waals surface area contributed by atoms with Gasteiger partial charge < -0.3 is 24.1 Å². The number of aliphatic hydroxyl groups excluding tert-OH is 1. The van der Waals surface area contributed by atoms with Crippen LogP contribution in [0.4, 0.5) is 0 Å². The van der Waals surface area contributed by atoms with Crippen molar-refractivity contribution in [2.45, 2.75) is 58.5 Å². The second kappa shape index (κ2) is 12.2. The Morgan fingerprint density at radius 2 is 1.68 bits per heavy atom. The standard InChI is InChI=1S/C27H32O7/c1-3-7-18-9-5-6-10-24(18)32-16-19(28)17-33-25-13-12-21-23(29)15-20(11-14-26(30)31)34-27(21)22(25)8-4-2/h5-6,9-10,12-13,15,19,28H,3-4,7-8,11,14,16-17H2,1-2H3,(H,30,31). The first kappa shape index (κ1) is 25.3. The summed E-state index contributed by atoms with van der Waals surface area (Å²) in [5.41, 5.74) is 2.03. The highest BCUT2D eigenvalue weighted by molar-refractivity contribution is 5.82. The van der Waals surface area contributed by atoms with Crippen LogP contribution in [0.2, 0.25) is 0 Å². The van der Waals surface area contributed by atoms with Gasteiger partial charge in [-0.1, -0.05) is 44.9 Å². The number of aryl methyl sites for hydroxylation is 3. The van der Waals surface area contributed by atoms with Gasteiger partial charge in [0.25, 0.3) is 0 Å². The van der Waals surface area contributed by atoms with Gasteiger partial charge in [0.1, 0.15) is 42.2 Å². The van der Waals surface area contributed by atoms with E-state index in [1.165, 1.54) is 6.07 Å². The van der Waals surface area contributed by atoms with Crippen LogP contribution in [0.25, 0.3) is 11.0 Å². The van der Waals surface area contributed by atoms with Crippen LogP contribution in [-0.4, -0.2) is 35.5 Å². The first-order chi connectivity index (χ1) is 16.4. The fourth-order valence-electron chi connectivity index (χ4n) is 3.82. The molecule has 0 radical (unpaired) electrons. The van der Waals surface area contributed by atoms with Gasteiger partial charge in [-0.2, -0.15) is 0 Å². The number of ether oxygens (including phenoxy) is 2. The van der Waals surface area contributed by atoms with Gasteiger partial charge in [0.05, 0.1) is 11.8 Å². The zero-order valence-electron chi connectivity index (χ0n) is 19.7. The van der Waals surface area contributed by atoms with Gasteiger partial charge in [-0.05, 0) is 36.6 Å². The van der Waals surface area contributed by atoms with E-state index >= 15 is 0 Å². The Morgan fingerprint density at radius 1 is 0.971 bits per heavy atom. The van der Waals surface area contributed by atoms with Crippen molar-refractivity contribution in [1.29, 1.82) is 0 Å². The molecule has 1 aromatic heterocycles. The molecule has 0 bridgehead atoms. The Bertz CT molecular complexity index is 1170. The average Bonchev–Trinajstić information content (AvgIpc) is 2.82. The van der Waals surface area contributed by atoms with Crippen LogP contribution in [0.15, 0.2) is 51.7 Å². The van der Waals surface area contributed by atoms with Crippen molar-refractivity contribution in [2.24, 2.45) is 0 Å². The highest BCUT2D eigenvalue weighted by Gasteiger charge is 2.16. The van der Waals surface area contributed by atoms with Crippen LogP contribution >= 0.6 is 0 Å². The Labute approximate surface area is 198 Å². The van der Waals surface area contributed by atoms with Crippen LogP contribution < -0.4 is 14.9 Å². The van der Waals surface area contributed by atoms with E-state index in [2.05, 4.69) is 6.92 Å². The van der Waals surface area contributed by atoms with E-state index in [-0.39, 0.29) is 31.5 Å². The van der Waals surface area contributed by atoms with Crippen LogP contribution in [0.3, 0.4) is 0 Å². The summed E-state index contributed by atoms with van der Waals surface area (Å²) in [6, 6.07) is 12.5. The fourth-order valence-corrected chi connectivity index (χ4v) is 3.82. The summed E-state index contributed by atoms with van der Waals surface area (Å²) < 4.78 is 17.7. The maximum atomic E-state index is 12.6. The van der Waals surface area contributed by atoms with Crippen molar-refractivity contribution in [2.75, 3.05) is 13.2 Å². The Kier molecular flexibility index (Phi) is 9.10. The van der Waals surface area contributed by atoms with Crippen molar-refractivity contribution in [1.82, 2.24) is 0 Å². The predicted octanol–water partition coefficient (Wildman–Crippen LogP) is 4.53. The maximum absolute atomic E-state index is 12.6. The second-order valence-corrected chi connectivity index (χ2v) is 8.27. The van der Waals surface area contributed by atoms with Crippen molar-refractivity contribution >= 4 is 16.9 Å². The Morgan fingerprint density at radius 3 is 2.38 bits per heavy atom. The average molecular weight is 469 g/mol. The van der Waals surface area contributed by atoms with Gasteiger partial charge in [-0.25, -0.2) is 0 Å². The van der Waals surface area contributed by atoms with Gasteiger partial charge in [-0.3, -0.25) is 9.59 Å². The van der Waals surface area contributed by atoms with E-state index in [0.717, 1.165) is 36.1 Å². The molecule has 0 saturated heterocycles. The number of carboxylic acid groups (broad SMARTS) is 1. The van der Waals surface area contributed by atoms with Gasteiger partial charge in [0, 0.05) is 18.1 Å². The van der Waals surface area contributed by atoms with E-state index in [1.807, 2.05) is 31.2 Å². The molecule has 0 spiro atoms. The molecular weight excluding hydrogens is 436 g/mol. The lowest BCUT2D eigenvalue weighted by Gasteiger charge is -2.17. The minimum absolute atomic E-state index is 0.0150. The van der Waals surface area contributed by atoms with E-state index in [1.54, 1.807) is 12.1 Å². The molecule has 34 heavy (non-hydrogen) atoms. The summed E-state index contributed by atoms with van der Waals surface area (Å²) in [5.74, 6) is 0.658. The zero-order valence-corrected chi connectivity index (χ0v) is 19.7. The summed E-state index contributed by atoms with van der Waals surface area (Å²) in [5, 5.41) is 19.8. The van der Waals surface area contributed by atoms with Crippen molar-refractivity contribution in [3.63, 3.8) is 0 Å². The lowest BCUT2D eigenvalue weighted by atomic mass is 10.0. The molecule has 1 atom stereocenters. The number of hydrogen-bond acceptors (Lipinski definition) is 6. The number of aliphatic hydroxyl groups is 1. The van der Waals surface area contributed by atoms with Crippen molar-refractivity contribution in [3.05, 3.63) is 69.6 Å². The van der Waals surface area contributed by atoms with Gasteiger partial charge in [0.2, 0.25) is 0 Å². The molecule has 0 amide bonds. The second-order valence-electron chi connectivity index (χ2n) is 8.27. The third kappa shape index (κ3) is 6.60. The van der Waals surface area contributed by atoms with Crippen LogP contribution in [0.5, 0.6) is 11.5 Å². The molecule has 0 saturated carbocycles. The van der Waals surface area contributed by atoms with Gasteiger partial charge in [0.15, 0.2) is 5.43 Å². The smallest absolute Gasteiger partial charge is 0.303 e. The predicted molar refractivity (Wildman–Crippen MR) is 130 cm³/mol. The number of rotatable bonds is 13. The molecule has 182 valence electrons. The molecule has 0 aliphatic heterocycles. The molecule has 2 aromatic carbocycles. The molecular formula is C27H32O7. The summed E-state index contributed by atoms with van der Waals surface area (Å²) in [6.07, 6.45) is 2.46. The van der Waals surface area contributed by atoms with E-state index in [4.69, 9.17) is 19.0 Å². The highest BCUT2D eigenvalue weighted by atomic mass is 16.5. The van der Waals surface area contributed by atoms with Gasteiger partial charge >= 0.3 is 5.97 Å². The number of benzene rings is 2. The maximum Gasteiger partial charge on any atom is 0.303 e. The largest absolute Gasteiger partial charge is 0.490 e. The molecule has 0 aliphatic carbocycles. The lowest BCUT2D eigenvalue weighted by Crippen LogP contribution is -2.25. The topological polar surface area (TPSA) is 106 Å². The van der Waals surface area contributed by atoms with Gasteiger partial charge in [-0.15, -0.1) is 0 Å². The SMILES string of the molecule is CCCc1ccccc1OCC(O)COc1ccc2c(=O)cc(CCC(=O)O)oc2c1CCC. The molecule has 0 fully saturated rings. The quantitative estimate of drug-likeness (QED) is 0.379. The number of para-hydroxylation sites is 1. The summed E-state index contributed by atoms with van der Waals surface area (Å²) in [6.45, 7) is 4.21. The molecule has 3 rings (SSSR count). The number of aliphatic carboxylic acids is 1. The molecule has 1 heterocycles. The molecule has 0 aliphatic rings. The molecule has 1 unspecified atom stereocenters. The third-order valence-corrected chi connectivity index (χ3v) is 5.45. The van der Waals surface area contributed by atoms with E-state index < -0.39 is 12.1 Å². The van der Waals surface area contributed by atoms with E-state index in [9.17, 15) is 14.7 Å². The molecule has 3 aromatic rings. The minimum atomic E-state index is -0.956. The first-order valence-electron chi connectivity index (χ1n) is 11.7. The Balaban J connectivity index is 1.75. The fraction of sp³-hybridized carbons (Fsp3) is 0.407. The van der Waals surface area contributed by atoms with E-state index in [0.29, 0.717) is 28.9 Å². The molecule has 7 heteroatoms. The monoisotopic (exact) mass is 468 g/mol. The number of carbonyl (C=O) groups is 1. The zero-order chi connectivity index (χ0) is 24.5. The van der Waals surface area contributed by atoms with Crippen LogP contribution in [0.1, 0.15) is 50.0 Å².